The summed E-state index contributed by atoms with van der Waals surface area (Å²) in [4.78, 5) is 0. The molecule has 1 spiro atoms. The molecule has 0 saturated heterocycles. The number of fused-ring (bicyclic) bond motifs is 2. The van der Waals surface area contributed by atoms with Crippen LogP contribution in [0.15, 0.2) is 54.7 Å². The molecular formula is C23H15N. The Morgan fingerprint density at radius 3 is 2.83 bits per heavy atom. The maximum absolute atomic E-state index is 2.62. The van der Waals surface area contributed by atoms with E-state index >= 15 is 0 Å². The molecule has 2 heterocycles. The molecule has 8 rings (SSSR count). The van der Waals surface area contributed by atoms with Crippen molar-refractivity contribution in [1.82, 2.24) is 4.57 Å². The van der Waals surface area contributed by atoms with E-state index < -0.39 is 0 Å². The normalized spacial score (nSPS) is 29.5. The summed E-state index contributed by atoms with van der Waals surface area (Å²) in [5, 5.41) is 4.41. The topological polar surface area (TPSA) is 4.93 Å². The van der Waals surface area contributed by atoms with Crippen molar-refractivity contribution in [2.75, 3.05) is 0 Å². The Kier molecular flexibility index (Phi) is 1.41. The van der Waals surface area contributed by atoms with Crippen molar-refractivity contribution in [3.63, 3.8) is 0 Å². The minimum atomic E-state index is 0.286. The molecule has 0 amide bonds. The molecule has 0 bridgehead atoms. The van der Waals surface area contributed by atoms with E-state index in [4.69, 9.17) is 0 Å². The molecule has 1 unspecified atom stereocenters. The summed E-state index contributed by atoms with van der Waals surface area (Å²) in [5.41, 5.74) is 9.76. The van der Waals surface area contributed by atoms with Gasteiger partial charge in [0.25, 0.3) is 0 Å². The molecule has 1 nitrogen and oxygen atoms in total. The van der Waals surface area contributed by atoms with Gasteiger partial charge in [0.15, 0.2) is 0 Å². The van der Waals surface area contributed by atoms with E-state index in [9.17, 15) is 0 Å². The summed E-state index contributed by atoms with van der Waals surface area (Å²) in [6.07, 6.45) is 4.97. The number of hydrogen-bond donors (Lipinski definition) is 0. The van der Waals surface area contributed by atoms with E-state index in [0.717, 1.165) is 5.92 Å². The zero-order valence-electron chi connectivity index (χ0n) is 13.2. The van der Waals surface area contributed by atoms with Gasteiger partial charge < -0.3 is 4.57 Å². The van der Waals surface area contributed by atoms with Crippen molar-refractivity contribution in [2.24, 2.45) is 5.92 Å². The van der Waals surface area contributed by atoms with Gasteiger partial charge >= 0.3 is 0 Å². The number of hydrogen-bond acceptors (Lipinski definition) is 0. The molecule has 112 valence electrons. The van der Waals surface area contributed by atoms with E-state index in [1.165, 1.54) is 40.3 Å². The second-order valence-electron chi connectivity index (χ2n) is 8.17. The van der Waals surface area contributed by atoms with Gasteiger partial charge in [-0.05, 0) is 68.8 Å². The fraction of sp³-hybridized carbons (Fsp3) is 0.217. The average molecular weight is 305 g/mol. The summed E-state index contributed by atoms with van der Waals surface area (Å²) in [6.45, 7) is 0. The standard InChI is InChI=1S/C23H15N/c1-2-12-4-5-14-10-15-11-18-23(15)20(14)19(12)16(3-1)17-7-6-13-8-9-24(18)22(13)21(17)23/h1-9,15,18H,10-11H2/t15-,18+,23?/m0/s1. The fourth-order valence-corrected chi connectivity index (χ4v) is 6.91. The zero-order valence-corrected chi connectivity index (χ0v) is 13.2. The summed E-state index contributed by atoms with van der Waals surface area (Å²) in [5.74, 6) is 0.806. The summed E-state index contributed by atoms with van der Waals surface area (Å²) >= 11 is 0. The number of rotatable bonds is 0. The van der Waals surface area contributed by atoms with Crippen LogP contribution in [-0.4, -0.2) is 4.57 Å². The van der Waals surface area contributed by atoms with Gasteiger partial charge in [0, 0.05) is 17.7 Å². The first kappa shape index (κ1) is 11.1. The molecule has 0 N–H and O–H groups in total. The summed E-state index contributed by atoms with van der Waals surface area (Å²) in [6, 6.07) is 19.4. The lowest BCUT2D eigenvalue weighted by atomic mass is 9.51. The molecule has 4 aliphatic rings. The van der Waals surface area contributed by atoms with E-state index in [2.05, 4.69) is 59.3 Å². The van der Waals surface area contributed by atoms with Gasteiger partial charge in [0.2, 0.25) is 0 Å². The van der Waals surface area contributed by atoms with E-state index in [1.807, 2.05) is 0 Å². The molecule has 1 aliphatic heterocycles. The molecule has 4 aromatic rings. The van der Waals surface area contributed by atoms with Gasteiger partial charge in [-0.15, -0.1) is 0 Å². The third-order valence-electron chi connectivity index (χ3n) is 7.61. The maximum atomic E-state index is 2.62. The van der Waals surface area contributed by atoms with Crippen LogP contribution in [0.3, 0.4) is 0 Å². The van der Waals surface area contributed by atoms with Crippen molar-refractivity contribution in [2.45, 2.75) is 24.3 Å². The van der Waals surface area contributed by atoms with Crippen molar-refractivity contribution >= 4 is 21.7 Å². The number of benzene rings is 3. The van der Waals surface area contributed by atoms with Crippen molar-refractivity contribution in [3.8, 4) is 11.1 Å². The predicted molar refractivity (Wildman–Crippen MR) is 96.5 cm³/mol. The Morgan fingerprint density at radius 2 is 1.83 bits per heavy atom. The van der Waals surface area contributed by atoms with Crippen LogP contribution < -0.4 is 0 Å². The lowest BCUT2D eigenvalue weighted by Gasteiger charge is -2.52. The maximum Gasteiger partial charge on any atom is 0.0532 e. The van der Waals surface area contributed by atoms with Gasteiger partial charge in [-0.25, -0.2) is 0 Å². The molecule has 3 atom stereocenters. The van der Waals surface area contributed by atoms with E-state index in [0.29, 0.717) is 6.04 Å². The Labute approximate surface area is 139 Å². The molecule has 3 aliphatic carbocycles. The third-order valence-corrected chi connectivity index (χ3v) is 7.61. The van der Waals surface area contributed by atoms with Crippen molar-refractivity contribution in [1.29, 1.82) is 0 Å². The molecular weight excluding hydrogens is 290 g/mol. The first-order valence-electron chi connectivity index (χ1n) is 9.08. The van der Waals surface area contributed by atoms with Crippen LogP contribution in [0.4, 0.5) is 0 Å². The quantitative estimate of drug-likeness (QED) is 0.421. The molecule has 0 radical (unpaired) electrons. The molecule has 1 fully saturated rings. The second kappa shape index (κ2) is 3.04. The van der Waals surface area contributed by atoms with Gasteiger partial charge in [-0.1, -0.05) is 42.5 Å². The van der Waals surface area contributed by atoms with Crippen molar-refractivity contribution in [3.05, 3.63) is 71.4 Å². The highest BCUT2D eigenvalue weighted by Crippen LogP contribution is 2.73. The highest BCUT2D eigenvalue weighted by molar-refractivity contribution is 6.09. The van der Waals surface area contributed by atoms with Gasteiger partial charge in [-0.2, -0.15) is 0 Å². The minimum absolute atomic E-state index is 0.286. The Bertz CT molecular complexity index is 1270. The van der Waals surface area contributed by atoms with Crippen LogP contribution in [0.5, 0.6) is 0 Å². The first-order chi connectivity index (χ1) is 11.9. The molecule has 24 heavy (non-hydrogen) atoms. The highest BCUT2D eigenvalue weighted by atomic mass is 15.1. The summed E-state index contributed by atoms with van der Waals surface area (Å²) in [7, 11) is 0. The summed E-state index contributed by atoms with van der Waals surface area (Å²) < 4.78 is 2.62. The first-order valence-corrected chi connectivity index (χ1v) is 9.08. The zero-order chi connectivity index (χ0) is 15.2. The Morgan fingerprint density at radius 1 is 0.875 bits per heavy atom. The number of aromatic nitrogens is 1. The fourth-order valence-electron chi connectivity index (χ4n) is 6.91. The van der Waals surface area contributed by atoms with Crippen LogP contribution in [-0.2, 0) is 11.8 Å². The van der Waals surface area contributed by atoms with E-state index in [1.54, 1.807) is 22.1 Å². The number of nitrogens with zero attached hydrogens (tertiary/aromatic N) is 1. The molecule has 1 heteroatoms. The van der Waals surface area contributed by atoms with Crippen LogP contribution in [0.1, 0.15) is 29.2 Å². The smallest absolute Gasteiger partial charge is 0.0532 e. The Hall–Kier alpha value is -2.54. The lowest BCUT2D eigenvalue weighted by Crippen LogP contribution is -2.49. The SMILES string of the molecule is c1cc2c3c4c(ccc3c1)C[C@H]1C[C@H]3n5ccc6ccc-2c(c65)C413. The van der Waals surface area contributed by atoms with Gasteiger partial charge in [-0.3, -0.25) is 0 Å². The predicted octanol–water partition coefficient (Wildman–Crippen LogP) is 5.19. The monoisotopic (exact) mass is 305 g/mol. The molecule has 3 aromatic carbocycles. The third kappa shape index (κ3) is 0.810. The average Bonchev–Trinajstić information content (AvgIpc) is 3.20. The van der Waals surface area contributed by atoms with Crippen LogP contribution >= 0.6 is 0 Å². The van der Waals surface area contributed by atoms with E-state index in [-0.39, 0.29) is 5.41 Å². The Balaban J connectivity index is 1.75. The molecule has 1 aromatic heterocycles. The van der Waals surface area contributed by atoms with Gasteiger partial charge in [0.05, 0.1) is 5.52 Å². The van der Waals surface area contributed by atoms with Crippen LogP contribution in [0.2, 0.25) is 0 Å². The van der Waals surface area contributed by atoms with Gasteiger partial charge in [0.1, 0.15) is 0 Å². The second-order valence-corrected chi connectivity index (χ2v) is 8.17. The van der Waals surface area contributed by atoms with Crippen LogP contribution in [0, 0.1) is 5.92 Å². The van der Waals surface area contributed by atoms with Crippen LogP contribution in [0.25, 0.3) is 32.8 Å². The molecule has 1 saturated carbocycles. The van der Waals surface area contributed by atoms with Crippen molar-refractivity contribution < 1.29 is 0 Å². The largest absolute Gasteiger partial charge is 0.343 e. The minimum Gasteiger partial charge on any atom is -0.343 e. The lowest BCUT2D eigenvalue weighted by molar-refractivity contribution is 0.107. The highest BCUT2D eigenvalue weighted by Gasteiger charge is 2.67.